The quantitative estimate of drug-likeness (QED) is 0.685. The van der Waals surface area contributed by atoms with Crippen LogP contribution in [0.15, 0.2) is 59.5 Å². The minimum absolute atomic E-state index is 0.0791. The normalized spacial score (nSPS) is 10.4. The lowest BCUT2D eigenvalue weighted by molar-refractivity contribution is 0.0950. The highest BCUT2D eigenvalue weighted by Crippen LogP contribution is 2.21. The first-order chi connectivity index (χ1) is 13.4. The smallest absolute Gasteiger partial charge is 0.276 e. The number of carbonyl (C=O) groups is 2. The summed E-state index contributed by atoms with van der Waals surface area (Å²) in [7, 11) is 1.45. The maximum atomic E-state index is 12.3. The maximum absolute atomic E-state index is 12.3. The molecule has 8 nitrogen and oxygen atoms in total. The largest absolute Gasteiger partial charge is 0.346 e. The van der Waals surface area contributed by atoms with Crippen molar-refractivity contribution in [3.05, 3.63) is 87.1 Å². The third-order valence-corrected chi connectivity index (χ3v) is 4.13. The first kappa shape index (κ1) is 19.2. The van der Waals surface area contributed by atoms with Crippen LogP contribution in [-0.4, -0.2) is 26.6 Å². The molecular formula is C19H16ClN5O3. The van der Waals surface area contributed by atoms with Crippen molar-refractivity contribution < 1.29 is 9.59 Å². The molecule has 0 saturated heterocycles. The van der Waals surface area contributed by atoms with E-state index < -0.39 is 5.91 Å². The van der Waals surface area contributed by atoms with Crippen LogP contribution in [0.25, 0.3) is 0 Å². The second kappa shape index (κ2) is 8.45. The van der Waals surface area contributed by atoms with Gasteiger partial charge in [0, 0.05) is 25.0 Å². The molecule has 2 aromatic heterocycles. The summed E-state index contributed by atoms with van der Waals surface area (Å²) >= 11 is 6.19. The lowest BCUT2D eigenvalue weighted by Crippen LogP contribution is -2.24. The zero-order valence-corrected chi connectivity index (χ0v) is 15.6. The summed E-state index contributed by atoms with van der Waals surface area (Å²) in [6.07, 6.45) is 1.64. The van der Waals surface area contributed by atoms with Crippen molar-refractivity contribution in [3.63, 3.8) is 0 Å². The number of amides is 2. The van der Waals surface area contributed by atoms with Gasteiger partial charge >= 0.3 is 0 Å². The van der Waals surface area contributed by atoms with Crippen molar-refractivity contribution in [1.29, 1.82) is 0 Å². The highest BCUT2D eigenvalue weighted by molar-refractivity contribution is 6.34. The van der Waals surface area contributed by atoms with Crippen molar-refractivity contribution in [2.75, 3.05) is 5.32 Å². The molecule has 0 saturated carbocycles. The topological polar surface area (TPSA) is 106 Å². The molecule has 28 heavy (non-hydrogen) atoms. The van der Waals surface area contributed by atoms with E-state index in [2.05, 4.69) is 20.7 Å². The Morgan fingerprint density at radius 2 is 1.93 bits per heavy atom. The molecule has 0 fully saturated rings. The summed E-state index contributed by atoms with van der Waals surface area (Å²) in [5.41, 5.74) is 1.15. The zero-order chi connectivity index (χ0) is 20.1. The van der Waals surface area contributed by atoms with E-state index in [1.54, 1.807) is 24.4 Å². The number of aryl methyl sites for hydroxylation is 1. The summed E-state index contributed by atoms with van der Waals surface area (Å²) in [5.74, 6) is -0.854. The fourth-order valence-electron chi connectivity index (χ4n) is 2.36. The first-order valence-corrected chi connectivity index (χ1v) is 8.65. The van der Waals surface area contributed by atoms with Crippen LogP contribution in [0.3, 0.4) is 0 Å². The molecule has 3 aromatic rings. The Bertz CT molecular complexity index is 1080. The number of aromatic nitrogens is 3. The number of halogens is 1. The highest BCUT2D eigenvalue weighted by Gasteiger charge is 2.13. The lowest BCUT2D eigenvalue weighted by atomic mass is 10.2. The van der Waals surface area contributed by atoms with Gasteiger partial charge in [0.2, 0.25) is 0 Å². The van der Waals surface area contributed by atoms with Crippen LogP contribution in [0.4, 0.5) is 5.69 Å². The van der Waals surface area contributed by atoms with Crippen molar-refractivity contribution in [1.82, 2.24) is 20.1 Å². The molecule has 2 amide bonds. The van der Waals surface area contributed by atoms with Gasteiger partial charge in [-0.1, -0.05) is 17.7 Å². The van der Waals surface area contributed by atoms with Gasteiger partial charge in [0.15, 0.2) is 0 Å². The zero-order valence-electron chi connectivity index (χ0n) is 14.8. The molecule has 0 bridgehead atoms. The van der Waals surface area contributed by atoms with E-state index >= 15 is 0 Å². The highest BCUT2D eigenvalue weighted by atomic mass is 35.5. The third-order valence-electron chi connectivity index (χ3n) is 3.82. The lowest BCUT2D eigenvalue weighted by Gasteiger charge is -2.09. The maximum Gasteiger partial charge on any atom is 0.276 e. The summed E-state index contributed by atoms with van der Waals surface area (Å²) in [4.78, 5) is 40.0. The van der Waals surface area contributed by atoms with Gasteiger partial charge in [-0.2, -0.15) is 5.10 Å². The molecule has 2 heterocycles. The van der Waals surface area contributed by atoms with Crippen LogP contribution in [0.1, 0.15) is 26.5 Å². The van der Waals surface area contributed by atoms with Gasteiger partial charge in [0.1, 0.15) is 5.69 Å². The molecule has 3 rings (SSSR count). The molecule has 0 radical (unpaired) electrons. The predicted molar refractivity (Wildman–Crippen MR) is 104 cm³/mol. The molecule has 0 aliphatic carbocycles. The Balaban J connectivity index is 1.67. The molecule has 2 N–H and O–H groups in total. The van der Waals surface area contributed by atoms with E-state index in [0.29, 0.717) is 5.69 Å². The SMILES string of the molecule is Cn1nc(C(=O)Nc2ccc(C(=O)NCc3ccccn3)c(Cl)c2)ccc1=O. The molecule has 0 aliphatic heterocycles. The van der Waals surface area contributed by atoms with E-state index in [9.17, 15) is 14.4 Å². The van der Waals surface area contributed by atoms with Crippen LogP contribution in [0, 0.1) is 0 Å². The van der Waals surface area contributed by atoms with Gasteiger partial charge in [-0.15, -0.1) is 0 Å². The average molecular weight is 398 g/mol. The molecule has 0 unspecified atom stereocenters. The number of benzene rings is 1. The average Bonchev–Trinajstić information content (AvgIpc) is 2.69. The number of hydrogen-bond acceptors (Lipinski definition) is 5. The van der Waals surface area contributed by atoms with Crippen molar-refractivity contribution in [2.45, 2.75) is 6.54 Å². The molecule has 142 valence electrons. The van der Waals surface area contributed by atoms with E-state index in [-0.39, 0.29) is 34.3 Å². The second-order valence-corrected chi connectivity index (χ2v) is 6.24. The first-order valence-electron chi connectivity index (χ1n) is 8.27. The fourth-order valence-corrected chi connectivity index (χ4v) is 2.63. The molecule has 0 aliphatic rings. The monoisotopic (exact) mass is 397 g/mol. The van der Waals surface area contributed by atoms with Gasteiger partial charge in [-0.05, 0) is 36.4 Å². The minimum Gasteiger partial charge on any atom is -0.346 e. The van der Waals surface area contributed by atoms with Crippen molar-refractivity contribution in [3.8, 4) is 0 Å². The van der Waals surface area contributed by atoms with Crippen LogP contribution in [0.5, 0.6) is 0 Å². The second-order valence-electron chi connectivity index (χ2n) is 5.83. The molecule has 9 heteroatoms. The summed E-state index contributed by atoms with van der Waals surface area (Å²) in [5, 5.41) is 9.43. The van der Waals surface area contributed by atoms with E-state index in [1.807, 2.05) is 6.07 Å². The molecule has 1 aromatic carbocycles. The predicted octanol–water partition coefficient (Wildman–Crippen LogP) is 2.01. The Hall–Kier alpha value is -3.52. The van der Waals surface area contributed by atoms with Crippen molar-refractivity contribution in [2.24, 2.45) is 7.05 Å². The Morgan fingerprint density at radius 1 is 1.11 bits per heavy atom. The summed E-state index contributed by atoms with van der Waals surface area (Å²) in [6.45, 7) is 0.271. The Kier molecular flexibility index (Phi) is 5.81. The van der Waals surface area contributed by atoms with Crippen LogP contribution in [-0.2, 0) is 13.6 Å². The van der Waals surface area contributed by atoms with Crippen LogP contribution in [0.2, 0.25) is 5.02 Å². The number of rotatable bonds is 5. The number of hydrogen-bond donors (Lipinski definition) is 2. The Labute approximate surface area is 165 Å². The van der Waals surface area contributed by atoms with E-state index in [0.717, 1.165) is 10.4 Å². The molecular weight excluding hydrogens is 382 g/mol. The number of carbonyl (C=O) groups excluding carboxylic acids is 2. The van der Waals surface area contributed by atoms with E-state index in [4.69, 9.17) is 11.6 Å². The van der Waals surface area contributed by atoms with Crippen LogP contribution >= 0.6 is 11.6 Å². The third kappa shape index (κ3) is 4.60. The van der Waals surface area contributed by atoms with Gasteiger partial charge in [-0.3, -0.25) is 19.4 Å². The van der Waals surface area contributed by atoms with Crippen molar-refractivity contribution >= 4 is 29.1 Å². The number of nitrogens with zero attached hydrogens (tertiary/aromatic N) is 3. The molecule has 0 spiro atoms. The van der Waals surface area contributed by atoms with E-state index in [1.165, 1.54) is 31.3 Å². The van der Waals surface area contributed by atoms with Gasteiger partial charge < -0.3 is 10.6 Å². The number of anilines is 1. The summed E-state index contributed by atoms with van der Waals surface area (Å²) < 4.78 is 1.07. The minimum atomic E-state index is -0.501. The number of pyridine rings is 1. The number of nitrogens with one attached hydrogen (secondary N) is 2. The van der Waals surface area contributed by atoms with Gasteiger partial charge in [0.25, 0.3) is 17.4 Å². The Morgan fingerprint density at radius 3 is 2.61 bits per heavy atom. The summed E-state index contributed by atoms with van der Waals surface area (Å²) in [6, 6.07) is 12.5. The fraction of sp³-hybridized carbons (Fsp3) is 0.105. The van der Waals surface area contributed by atoms with Crippen LogP contribution < -0.4 is 16.2 Å². The standard InChI is InChI=1S/C19H16ClN5O3/c1-25-17(26)8-7-16(24-25)19(28)23-12-5-6-14(15(20)10-12)18(27)22-11-13-4-2-3-9-21-13/h2-10H,11H2,1H3,(H,22,27)(H,23,28). The molecule has 0 atom stereocenters. The van der Waals surface area contributed by atoms with Gasteiger partial charge in [-0.25, -0.2) is 4.68 Å². The van der Waals surface area contributed by atoms with Gasteiger partial charge in [0.05, 0.1) is 22.8 Å².